The molecule has 1 aromatic carbocycles. The number of aryl methyl sites for hydroxylation is 1. The van der Waals surface area contributed by atoms with Gasteiger partial charge in [0.2, 0.25) is 0 Å². The molecule has 1 unspecified atom stereocenters. The van der Waals surface area contributed by atoms with Crippen molar-refractivity contribution in [3.63, 3.8) is 0 Å². The van der Waals surface area contributed by atoms with E-state index in [4.69, 9.17) is 17.3 Å². The van der Waals surface area contributed by atoms with E-state index in [-0.39, 0.29) is 6.04 Å². The maximum absolute atomic E-state index is 5.93. The first-order valence-corrected chi connectivity index (χ1v) is 7.04. The van der Waals surface area contributed by atoms with Gasteiger partial charge >= 0.3 is 0 Å². The van der Waals surface area contributed by atoms with E-state index in [2.05, 4.69) is 36.8 Å². The number of nitrogens with two attached hydrogens (primary N) is 1. The summed E-state index contributed by atoms with van der Waals surface area (Å²) in [7, 11) is 2.05. The predicted octanol–water partition coefficient (Wildman–Crippen LogP) is 3.70. The second-order valence-electron chi connectivity index (χ2n) is 5.03. The molecule has 20 heavy (non-hydrogen) atoms. The van der Waals surface area contributed by atoms with Gasteiger partial charge in [0.25, 0.3) is 0 Å². The molecule has 0 amide bonds. The van der Waals surface area contributed by atoms with Crippen molar-refractivity contribution in [2.45, 2.75) is 26.4 Å². The first kappa shape index (κ1) is 14.8. The van der Waals surface area contributed by atoms with Gasteiger partial charge in [0.15, 0.2) is 0 Å². The maximum Gasteiger partial charge on any atom is 0.131 e. The molecule has 0 fully saturated rings. The van der Waals surface area contributed by atoms with Crippen LogP contribution >= 0.6 is 11.6 Å². The van der Waals surface area contributed by atoms with Gasteiger partial charge in [-0.05, 0) is 48.7 Å². The summed E-state index contributed by atoms with van der Waals surface area (Å²) < 4.78 is 0. The molecule has 0 radical (unpaired) electrons. The van der Waals surface area contributed by atoms with E-state index in [1.54, 1.807) is 0 Å². The molecule has 1 atom stereocenters. The molecule has 0 bridgehead atoms. The number of hydrogen-bond donors (Lipinski definition) is 1. The molecule has 1 aromatic heterocycles. The van der Waals surface area contributed by atoms with Crippen LogP contribution < -0.4 is 10.6 Å². The van der Waals surface area contributed by atoms with Crippen LogP contribution in [0.3, 0.4) is 0 Å². The van der Waals surface area contributed by atoms with E-state index < -0.39 is 0 Å². The summed E-state index contributed by atoms with van der Waals surface area (Å²) in [5.74, 6) is 0.977. The monoisotopic (exact) mass is 289 g/mol. The lowest BCUT2D eigenvalue weighted by Crippen LogP contribution is -2.23. The summed E-state index contributed by atoms with van der Waals surface area (Å²) in [6.07, 6.45) is 1.84. The topological polar surface area (TPSA) is 42.1 Å². The highest BCUT2D eigenvalue weighted by Crippen LogP contribution is 2.27. The number of pyridine rings is 1. The normalized spacial score (nSPS) is 12.2. The van der Waals surface area contributed by atoms with Crippen LogP contribution in [0, 0.1) is 6.92 Å². The van der Waals surface area contributed by atoms with Crippen molar-refractivity contribution in [3.8, 4) is 0 Å². The van der Waals surface area contributed by atoms with Crippen molar-refractivity contribution in [3.05, 3.63) is 58.2 Å². The largest absolute Gasteiger partial charge is 0.353 e. The zero-order chi connectivity index (χ0) is 14.7. The number of benzene rings is 1. The molecule has 0 saturated heterocycles. The van der Waals surface area contributed by atoms with Crippen LogP contribution in [0.4, 0.5) is 5.82 Å². The summed E-state index contributed by atoms with van der Waals surface area (Å²) in [6.45, 7) is 4.73. The number of anilines is 1. The SMILES string of the molecule is Cc1cc(CN)cnc1N(C)C(C)c1ccc(Cl)cc1. The molecular weight excluding hydrogens is 270 g/mol. The molecule has 0 aliphatic heterocycles. The first-order chi connectivity index (χ1) is 9.52. The van der Waals surface area contributed by atoms with E-state index in [9.17, 15) is 0 Å². The van der Waals surface area contributed by atoms with E-state index in [1.165, 1.54) is 5.56 Å². The van der Waals surface area contributed by atoms with Gasteiger partial charge in [-0.25, -0.2) is 4.98 Å². The van der Waals surface area contributed by atoms with Gasteiger partial charge in [-0.2, -0.15) is 0 Å². The minimum atomic E-state index is 0.224. The molecule has 106 valence electrons. The Kier molecular flexibility index (Phi) is 4.63. The molecule has 3 nitrogen and oxygen atoms in total. The lowest BCUT2D eigenvalue weighted by molar-refractivity contribution is 0.725. The van der Waals surface area contributed by atoms with Crippen LogP contribution in [0.15, 0.2) is 36.5 Å². The van der Waals surface area contributed by atoms with Crippen LogP contribution in [0.5, 0.6) is 0 Å². The van der Waals surface area contributed by atoms with Crippen molar-refractivity contribution in [2.75, 3.05) is 11.9 Å². The molecule has 0 spiro atoms. The van der Waals surface area contributed by atoms with E-state index >= 15 is 0 Å². The fourth-order valence-electron chi connectivity index (χ4n) is 2.25. The molecular formula is C16H20ClN3. The second-order valence-corrected chi connectivity index (χ2v) is 5.46. The van der Waals surface area contributed by atoms with Crippen LogP contribution in [-0.2, 0) is 6.54 Å². The van der Waals surface area contributed by atoms with Gasteiger partial charge in [-0.1, -0.05) is 23.7 Å². The summed E-state index contributed by atoms with van der Waals surface area (Å²) in [4.78, 5) is 6.70. The minimum Gasteiger partial charge on any atom is -0.353 e. The lowest BCUT2D eigenvalue weighted by atomic mass is 10.1. The fraction of sp³-hybridized carbons (Fsp3) is 0.312. The van der Waals surface area contributed by atoms with Crippen molar-refractivity contribution in [1.29, 1.82) is 0 Å². The summed E-state index contributed by atoms with van der Waals surface area (Å²) in [6, 6.07) is 10.2. The Morgan fingerprint density at radius 1 is 1.30 bits per heavy atom. The first-order valence-electron chi connectivity index (χ1n) is 6.67. The predicted molar refractivity (Wildman–Crippen MR) is 85.1 cm³/mol. The second kappa shape index (κ2) is 6.25. The average Bonchev–Trinajstić information content (AvgIpc) is 2.46. The quantitative estimate of drug-likeness (QED) is 0.933. The highest BCUT2D eigenvalue weighted by atomic mass is 35.5. The minimum absolute atomic E-state index is 0.224. The van der Waals surface area contributed by atoms with Crippen LogP contribution in [0.2, 0.25) is 5.02 Å². The highest BCUT2D eigenvalue weighted by molar-refractivity contribution is 6.30. The third-order valence-electron chi connectivity index (χ3n) is 3.61. The third kappa shape index (κ3) is 3.11. The third-order valence-corrected chi connectivity index (χ3v) is 3.86. The smallest absolute Gasteiger partial charge is 0.131 e. The molecule has 2 N–H and O–H groups in total. The Hall–Kier alpha value is -1.58. The highest BCUT2D eigenvalue weighted by Gasteiger charge is 2.15. The van der Waals surface area contributed by atoms with Gasteiger partial charge in [0, 0.05) is 24.8 Å². The van der Waals surface area contributed by atoms with Gasteiger partial charge in [0.1, 0.15) is 5.82 Å². The number of rotatable bonds is 4. The van der Waals surface area contributed by atoms with Crippen LogP contribution in [0.1, 0.15) is 29.7 Å². The Morgan fingerprint density at radius 2 is 1.95 bits per heavy atom. The molecule has 0 saturated carbocycles. The summed E-state index contributed by atoms with van der Waals surface area (Å²) in [5.41, 5.74) is 9.04. The summed E-state index contributed by atoms with van der Waals surface area (Å²) >= 11 is 5.93. The molecule has 2 aromatic rings. The molecule has 1 heterocycles. The van der Waals surface area contributed by atoms with Crippen LogP contribution in [0.25, 0.3) is 0 Å². The van der Waals surface area contributed by atoms with Crippen molar-refractivity contribution < 1.29 is 0 Å². The average molecular weight is 290 g/mol. The fourth-order valence-corrected chi connectivity index (χ4v) is 2.38. The van der Waals surface area contributed by atoms with Gasteiger partial charge in [-0.15, -0.1) is 0 Å². The van der Waals surface area contributed by atoms with E-state index in [0.29, 0.717) is 6.54 Å². The lowest BCUT2D eigenvalue weighted by Gasteiger charge is -2.28. The zero-order valence-corrected chi connectivity index (χ0v) is 12.9. The van der Waals surface area contributed by atoms with Crippen molar-refractivity contribution in [1.82, 2.24) is 4.98 Å². The molecule has 0 aliphatic rings. The Labute approximate surface area is 125 Å². The molecule has 0 aliphatic carbocycles. The molecule has 4 heteroatoms. The van der Waals surface area contributed by atoms with Crippen molar-refractivity contribution >= 4 is 17.4 Å². The Bertz CT molecular complexity index is 581. The van der Waals surface area contributed by atoms with Crippen LogP contribution in [-0.4, -0.2) is 12.0 Å². The summed E-state index contributed by atoms with van der Waals surface area (Å²) in [5, 5.41) is 0.755. The van der Waals surface area contributed by atoms with Gasteiger partial charge < -0.3 is 10.6 Å². The number of aromatic nitrogens is 1. The van der Waals surface area contributed by atoms with E-state index in [0.717, 1.165) is 22.0 Å². The van der Waals surface area contributed by atoms with E-state index in [1.807, 2.05) is 30.5 Å². The number of hydrogen-bond acceptors (Lipinski definition) is 3. The number of halogens is 1. The zero-order valence-electron chi connectivity index (χ0n) is 12.1. The Morgan fingerprint density at radius 3 is 2.50 bits per heavy atom. The van der Waals surface area contributed by atoms with Crippen molar-refractivity contribution in [2.24, 2.45) is 5.73 Å². The van der Waals surface area contributed by atoms with Gasteiger partial charge in [0.05, 0.1) is 6.04 Å². The number of nitrogens with zero attached hydrogens (tertiary/aromatic N) is 2. The Balaban J connectivity index is 2.26. The van der Waals surface area contributed by atoms with Gasteiger partial charge in [-0.3, -0.25) is 0 Å². The standard InChI is InChI=1S/C16H20ClN3/c1-11-8-13(9-18)10-19-16(11)20(3)12(2)14-4-6-15(17)7-5-14/h4-8,10,12H,9,18H2,1-3H3. The maximum atomic E-state index is 5.93. The molecule has 2 rings (SSSR count).